The number of carbonyl (C=O) groups excluding carboxylic acids is 1. The molecule has 0 aliphatic rings. The normalized spacial score (nSPS) is 9.83. The fraction of sp³-hybridized carbons (Fsp3) is 0.429. The second-order valence-electron chi connectivity index (χ2n) is 2.37. The van der Waals surface area contributed by atoms with Crippen LogP contribution < -0.4 is 5.32 Å². The fourth-order valence-electron chi connectivity index (χ4n) is 0.825. The molecule has 0 aliphatic heterocycles. The predicted octanol–water partition coefficient (Wildman–Crippen LogP) is 0.883. The van der Waals surface area contributed by atoms with E-state index >= 15 is 0 Å². The standard InChI is InChI=1S/C7H10IN3O/c1-5-4-10-11-6(5)7(12)9-3-2-8/h4H,2-3H2,1H3,(H,9,12)(H,10,11). The van der Waals surface area contributed by atoms with Crippen LogP contribution in [0, 0.1) is 6.92 Å². The van der Waals surface area contributed by atoms with Crippen LogP contribution in [0.15, 0.2) is 6.20 Å². The summed E-state index contributed by atoms with van der Waals surface area (Å²) in [6.45, 7) is 2.54. The van der Waals surface area contributed by atoms with Crippen LogP contribution in [-0.4, -0.2) is 27.1 Å². The van der Waals surface area contributed by atoms with Gasteiger partial charge in [-0.3, -0.25) is 9.89 Å². The highest BCUT2D eigenvalue weighted by atomic mass is 127. The van der Waals surface area contributed by atoms with Crippen LogP contribution >= 0.6 is 22.6 Å². The van der Waals surface area contributed by atoms with Gasteiger partial charge in [-0.05, 0) is 12.5 Å². The lowest BCUT2D eigenvalue weighted by Crippen LogP contribution is -2.26. The van der Waals surface area contributed by atoms with Gasteiger partial charge in [0.15, 0.2) is 0 Å². The minimum Gasteiger partial charge on any atom is -0.350 e. The molecular formula is C7H10IN3O. The van der Waals surface area contributed by atoms with E-state index in [1.165, 1.54) is 0 Å². The van der Waals surface area contributed by atoms with Gasteiger partial charge in [-0.2, -0.15) is 5.10 Å². The Morgan fingerprint density at radius 2 is 2.58 bits per heavy atom. The number of alkyl halides is 1. The number of aromatic nitrogens is 2. The molecule has 0 radical (unpaired) electrons. The number of nitrogens with zero attached hydrogens (tertiary/aromatic N) is 1. The van der Waals surface area contributed by atoms with Crippen molar-refractivity contribution in [1.29, 1.82) is 0 Å². The first kappa shape index (κ1) is 9.50. The van der Waals surface area contributed by atoms with Crippen LogP contribution in [0.3, 0.4) is 0 Å². The molecule has 12 heavy (non-hydrogen) atoms. The summed E-state index contributed by atoms with van der Waals surface area (Å²) in [5.74, 6) is -0.0818. The molecular weight excluding hydrogens is 269 g/mol. The number of H-pyrrole nitrogens is 1. The molecule has 2 N–H and O–H groups in total. The zero-order chi connectivity index (χ0) is 8.97. The van der Waals surface area contributed by atoms with Crippen LogP contribution in [0.1, 0.15) is 16.1 Å². The minimum absolute atomic E-state index is 0.0818. The smallest absolute Gasteiger partial charge is 0.269 e. The number of aryl methyl sites for hydroxylation is 1. The first-order valence-electron chi connectivity index (χ1n) is 3.60. The van der Waals surface area contributed by atoms with Crippen molar-refractivity contribution in [2.24, 2.45) is 0 Å². The molecule has 5 heteroatoms. The van der Waals surface area contributed by atoms with Gasteiger partial charge in [0, 0.05) is 11.0 Å². The van der Waals surface area contributed by atoms with Crippen molar-refractivity contribution in [3.63, 3.8) is 0 Å². The maximum atomic E-state index is 11.3. The molecule has 0 fully saturated rings. The number of aromatic amines is 1. The van der Waals surface area contributed by atoms with E-state index < -0.39 is 0 Å². The summed E-state index contributed by atoms with van der Waals surface area (Å²) in [4.78, 5) is 11.3. The molecule has 0 bridgehead atoms. The average molecular weight is 279 g/mol. The number of amides is 1. The summed E-state index contributed by atoms with van der Waals surface area (Å²) in [6.07, 6.45) is 1.64. The summed E-state index contributed by atoms with van der Waals surface area (Å²) in [5.41, 5.74) is 1.43. The monoisotopic (exact) mass is 279 g/mol. The molecule has 4 nitrogen and oxygen atoms in total. The second-order valence-corrected chi connectivity index (χ2v) is 3.45. The molecule has 1 rings (SSSR count). The Hall–Kier alpha value is -0.590. The zero-order valence-corrected chi connectivity index (χ0v) is 8.88. The number of rotatable bonds is 3. The van der Waals surface area contributed by atoms with E-state index in [1.54, 1.807) is 6.20 Å². The summed E-state index contributed by atoms with van der Waals surface area (Å²) in [5, 5.41) is 9.17. The highest BCUT2D eigenvalue weighted by molar-refractivity contribution is 14.1. The molecule has 0 atom stereocenters. The van der Waals surface area contributed by atoms with Gasteiger partial charge in [0.05, 0.1) is 6.20 Å². The Balaban J connectivity index is 2.59. The lowest BCUT2D eigenvalue weighted by Gasteiger charge is -2.00. The van der Waals surface area contributed by atoms with Crippen molar-refractivity contribution in [3.05, 3.63) is 17.5 Å². The van der Waals surface area contributed by atoms with Gasteiger partial charge in [0.25, 0.3) is 5.91 Å². The van der Waals surface area contributed by atoms with Crippen molar-refractivity contribution < 1.29 is 4.79 Å². The highest BCUT2D eigenvalue weighted by Crippen LogP contribution is 2.00. The lowest BCUT2D eigenvalue weighted by molar-refractivity contribution is 0.0951. The number of carbonyl (C=O) groups is 1. The Bertz CT molecular complexity index is 271. The number of halogens is 1. The van der Waals surface area contributed by atoms with E-state index in [0.717, 1.165) is 9.99 Å². The largest absolute Gasteiger partial charge is 0.350 e. The Labute approximate surface area is 84.3 Å². The lowest BCUT2D eigenvalue weighted by atomic mass is 10.3. The topological polar surface area (TPSA) is 57.8 Å². The number of hydrogen-bond acceptors (Lipinski definition) is 2. The minimum atomic E-state index is -0.0818. The van der Waals surface area contributed by atoms with Crippen LogP contribution in [0.5, 0.6) is 0 Å². The average Bonchev–Trinajstić information content (AvgIpc) is 2.47. The van der Waals surface area contributed by atoms with E-state index in [0.29, 0.717) is 12.2 Å². The second kappa shape index (κ2) is 4.44. The van der Waals surface area contributed by atoms with Gasteiger partial charge in [-0.1, -0.05) is 22.6 Å². The van der Waals surface area contributed by atoms with Crippen LogP contribution in [0.25, 0.3) is 0 Å². The van der Waals surface area contributed by atoms with E-state index in [9.17, 15) is 4.79 Å². The fourth-order valence-corrected chi connectivity index (χ4v) is 1.10. The summed E-state index contributed by atoms with van der Waals surface area (Å²) in [6, 6.07) is 0. The third-order valence-electron chi connectivity index (χ3n) is 1.44. The van der Waals surface area contributed by atoms with E-state index in [-0.39, 0.29) is 5.91 Å². The molecule has 1 aromatic heterocycles. The predicted molar refractivity (Wildman–Crippen MR) is 54.5 cm³/mol. The van der Waals surface area contributed by atoms with Crippen LogP contribution in [0.4, 0.5) is 0 Å². The molecule has 0 unspecified atom stereocenters. The molecule has 0 saturated carbocycles. The number of hydrogen-bond donors (Lipinski definition) is 2. The molecule has 0 aliphatic carbocycles. The van der Waals surface area contributed by atoms with Crippen molar-refractivity contribution in [1.82, 2.24) is 15.5 Å². The van der Waals surface area contributed by atoms with Crippen molar-refractivity contribution in [2.75, 3.05) is 11.0 Å². The van der Waals surface area contributed by atoms with Crippen molar-refractivity contribution in [2.45, 2.75) is 6.92 Å². The molecule has 0 aromatic carbocycles. The number of nitrogens with one attached hydrogen (secondary N) is 2. The van der Waals surface area contributed by atoms with Gasteiger partial charge >= 0.3 is 0 Å². The third kappa shape index (κ3) is 2.20. The molecule has 1 aromatic rings. The van der Waals surface area contributed by atoms with Crippen LogP contribution in [-0.2, 0) is 0 Å². The summed E-state index contributed by atoms with van der Waals surface area (Å²) in [7, 11) is 0. The zero-order valence-electron chi connectivity index (χ0n) is 6.72. The van der Waals surface area contributed by atoms with Crippen molar-refractivity contribution >= 4 is 28.5 Å². The maximum absolute atomic E-state index is 11.3. The highest BCUT2D eigenvalue weighted by Gasteiger charge is 2.08. The third-order valence-corrected chi connectivity index (χ3v) is 1.98. The quantitative estimate of drug-likeness (QED) is 0.637. The summed E-state index contributed by atoms with van der Waals surface area (Å²) >= 11 is 2.21. The van der Waals surface area contributed by atoms with E-state index in [2.05, 4.69) is 38.1 Å². The summed E-state index contributed by atoms with van der Waals surface area (Å²) < 4.78 is 0.913. The van der Waals surface area contributed by atoms with Gasteiger partial charge in [0.1, 0.15) is 5.69 Å². The first-order chi connectivity index (χ1) is 5.75. The molecule has 0 spiro atoms. The van der Waals surface area contributed by atoms with Gasteiger partial charge < -0.3 is 5.32 Å². The Morgan fingerprint density at radius 1 is 1.83 bits per heavy atom. The van der Waals surface area contributed by atoms with E-state index in [1.807, 2.05) is 6.92 Å². The van der Waals surface area contributed by atoms with Gasteiger partial charge in [-0.25, -0.2) is 0 Å². The van der Waals surface area contributed by atoms with Gasteiger partial charge in [0.2, 0.25) is 0 Å². The van der Waals surface area contributed by atoms with Crippen LogP contribution in [0.2, 0.25) is 0 Å². The van der Waals surface area contributed by atoms with E-state index in [4.69, 9.17) is 0 Å². The first-order valence-corrected chi connectivity index (χ1v) is 5.12. The van der Waals surface area contributed by atoms with Gasteiger partial charge in [-0.15, -0.1) is 0 Å². The SMILES string of the molecule is Cc1cn[nH]c1C(=O)NCCI. The molecule has 1 heterocycles. The molecule has 66 valence electrons. The molecule has 1 amide bonds. The maximum Gasteiger partial charge on any atom is 0.269 e. The van der Waals surface area contributed by atoms with Crippen molar-refractivity contribution in [3.8, 4) is 0 Å². The Morgan fingerprint density at radius 3 is 3.08 bits per heavy atom. The molecule has 0 saturated heterocycles. The Kier molecular flexibility index (Phi) is 3.51.